The number of amides is 2. The molecule has 2 aromatic heterocycles. The first kappa shape index (κ1) is 19.6. The Morgan fingerprint density at radius 2 is 2.08 bits per heavy atom. The van der Waals surface area contributed by atoms with Crippen molar-refractivity contribution < 1.29 is 14.0 Å². The van der Waals surface area contributed by atoms with Gasteiger partial charge in [0.05, 0.1) is 24.7 Å². The molecule has 0 spiro atoms. The second-order valence-electron chi connectivity index (χ2n) is 6.63. The normalized spacial score (nSPS) is 10.8. The molecule has 0 fully saturated rings. The molecule has 0 saturated carbocycles. The second-order valence-corrected chi connectivity index (χ2v) is 6.63. The Hall–Kier alpha value is -2.70. The first-order valence-corrected chi connectivity index (χ1v) is 8.82. The van der Waals surface area contributed by atoms with Crippen LogP contribution in [0.5, 0.6) is 0 Å². The molecule has 26 heavy (non-hydrogen) atoms. The lowest BCUT2D eigenvalue weighted by atomic mass is 10.1. The van der Waals surface area contributed by atoms with E-state index in [9.17, 15) is 9.59 Å². The molecule has 0 aliphatic heterocycles. The van der Waals surface area contributed by atoms with Crippen LogP contribution in [0.2, 0.25) is 0 Å². The van der Waals surface area contributed by atoms with Crippen molar-refractivity contribution >= 4 is 11.8 Å². The van der Waals surface area contributed by atoms with Gasteiger partial charge in [-0.3, -0.25) is 14.6 Å². The first-order valence-electron chi connectivity index (χ1n) is 8.82. The van der Waals surface area contributed by atoms with Gasteiger partial charge >= 0.3 is 0 Å². The van der Waals surface area contributed by atoms with Crippen molar-refractivity contribution in [3.05, 3.63) is 47.9 Å². The quantitative estimate of drug-likeness (QED) is 0.744. The summed E-state index contributed by atoms with van der Waals surface area (Å²) in [7, 11) is 0. The second kappa shape index (κ2) is 9.70. The van der Waals surface area contributed by atoms with Crippen LogP contribution >= 0.6 is 0 Å². The Morgan fingerprint density at radius 1 is 1.27 bits per heavy atom. The molecule has 1 N–H and O–H groups in total. The number of aromatic nitrogens is 2. The van der Waals surface area contributed by atoms with Crippen LogP contribution in [0.4, 0.5) is 0 Å². The van der Waals surface area contributed by atoms with E-state index in [1.807, 2.05) is 6.92 Å². The molecule has 140 valence electrons. The van der Waals surface area contributed by atoms with Crippen molar-refractivity contribution in [3.8, 4) is 0 Å². The van der Waals surface area contributed by atoms with Crippen LogP contribution in [0.1, 0.15) is 48.6 Å². The van der Waals surface area contributed by atoms with E-state index in [4.69, 9.17) is 4.42 Å². The summed E-state index contributed by atoms with van der Waals surface area (Å²) in [6.45, 7) is 7.23. The number of rotatable bonds is 9. The minimum atomic E-state index is -0.274. The number of aryl methyl sites for hydroxylation is 1. The maximum Gasteiger partial charge on any atom is 0.274 e. The summed E-state index contributed by atoms with van der Waals surface area (Å²) < 4.78 is 5.34. The van der Waals surface area contributed by atoms with E-state index in [0.717, 1.165) is 12.1 Å². The van der Waals surface area contributed by atoms with Crippen molar-refractivity contribution in [3.63, 3.8) is 0 Å². The summed E-state index contributed by atoms with van der Waals surface area (Å²) in [5.74, 6) is 0.841. The average molecular weight is 358 g/mol. The first-order chi connectivity index (χ1) is 12.5. The van der Waals surface area contributed by atoms with Crippen molar-refractivity contribution in [1.29, 1.82) is 0 Å². The Morgan fingerprint density at radius 3 is 2.69 bits per heavy atom. The van der Waals surface area contributed by atoms with Gasteiger partial charge in [0.15, 0.2) is 0 Å². The lowest BCUT2D eigenvalue weighted by Gasteiger charge is -2.21. The summed E-state index contributed by atoms with van der Waals surface area (Å²) in [6.07, 6.45) is 5.72. The molecule has 7 nitrogen and oxygen atoms in total. The molecule has 0 aromatic carbocycles. The molecule has 7 heteroatoms. The number of nitrogens with one attached hydrogen (secondary N) is 1. The summed E-state index contributed by atoms with van der Waals surface area (Å²) in [4.78, 5) is 34.6. The molecule has 0 atom stereocenters. The number of carbonyl (C=O) groups is 2. The predicted molar refractivity (Wildman–Crippen MR) is 97.3 cm³/mol. The Balaban J connectivity index is 1.98. The van der Waals surface area contributed by atoms with Crippen LogP contribution in [-0.4, -0.2) is 39.8 Å². The molecule has 0 saturated heterocycles. The third kappa shape index (κ3) is 6.31. The lowest BCUT2D eigenvalue weighted by Crippen LogP contribution is -2.35. The summed E-state index contributed by atoms with van der Waals surface area (Å²) in [6, 6.07) is 3.56. The Bertz CT molecular complexity index is 696. The molecule has 2 rings (SSSR count). The molecule has 2 aromatic rings. The van der Waals surface area contributed by atoms with Gasteiger partial charge in [0, 0.05) is 25.7 Å². The zero-order valence-corrected chi connectivity index (χ0v) is 15.6. The average Bonchev–Trinajstić information content (AvgIpc) is 3.11. The third-order valence-electron chi connectivity index (χ3n) is 3.87. The minimum Gasteiger partial charge on any atom is -0.467 e. The largest absolute Gasteiger partial charge is 0.467 e. The SMILES string of the molecule is Cc1cnc(C(=O)N(CCC(=O)NCCC(C)C)Cc2ccco2)cn1. The van der Waals surface area contributed by atoms with Gasteiger partial charge in [0.1, 0.15) is 11.5 Å². The fraction of sp³-hybridized carbons (Fsp3) is 0.474. The van der Waals surface area contributed by atoms with Gasteiger partial charge in [-0.2, -0.15) is 0 Å². The van der Waals surface area contributed by atoms with Gasteiger partial charge in [-0.25, -0.2) is 4.98 Å². The van der Waals surface area contributed by atoms with Crippen LogP contribution in [0.15, 0.2) is 35.2 Å². The molecule has 0 bridgehead atoms. The van der Waals surface area contributed by atoms with Gasteiger partial charge in [0.25, 0.3) is 5.91 Å². The molecular formula is C19H26N4O3. The maximum absolute atomic E-state index is 12.7. The highest BCUT2D eigenvalue weighted by Gasteiger charge is 2.20. The van der Waals surface area contributed by atoms with E-state index in [1.54, 1.807) is 29.5 Å². The Labute approximate surface area is 153 Å². The van der Waals surface area contributed by atoms with E-state index in [2.05, 4.69) is 29.1 Å². The third-order valence-corrected chi connectivity index (χ3v) is 3.87. The number of hydrogen-bond acceptors (Lipinski definition) is 5. The van der Waals surface area contributed by atoms with Gasteiger partial charge in [-0.05, 0) is 31.4 Å². The van der Waals surface area contributed by atoms with Crippen molar-refractivity contribution in [2.75, 3.05) is 13.1 Å². The zero-order valence-electron chi connectivity index (χ0n) is 15.6. The minimum absolute atomic E-state index is 0.0714. The summed E-state index contributed by atoms with van der Waals surface area (Å²) >= 11 is 0. The van der Waals surface area contributed by atoms with E-state index in [0.29, 0.717) is 18.2 Å². The van der Waals surface area contributed by atoms with Crippen LogP contribution < -0.4 is 5.32 Å². The maximum atomic E-state index is 12.7. The number of carbonyl (C=O) groups excluding carboxylic acids is 2. The smallest absolute Gasteiger partial charge is 0.274 e. The number of hydrogen-bond donors (Lipinski definition) is 1. The standard InChI is InChI=1S/C19H26N4O3/c1-14(2)6-8-20-18(24)7-9-23(13-16-5-4-10-26-16)19(25)17-12-21-15(3)11-22-17/h4-5,10-12,14H,6-9,13H2,1-3H3,(H,20,24). The van der Waals surface area contributed by atoms with Crippen LogP contribution in [-0.2, 0) is 11.3 Å². The van der Waals surface area contributed by atoms with E-state index in [-0.39, 0.29) is 37.0 Å². The molecule has 2 heterocycles. The van der Waals surface area contributed by atoms with Gasteiger partial charge in [-0.1, -0.05) is 13.8 Å². The molecule has 0 unspecified atom stereocenters. The number of nitrogens with zero attached hydrogens (tertiary/aromatic N) is 3. The summed E-state index contributed by atoms with van der Waals surface area (Å²) in [5.41, 5.74) is 0.992. The van der Waals surface area contributed by atoms with Gasteiger partial charge < -0.3 is 14.6 Å². The number of furan rings is 1. The molecule has 0 aliphatic carbocycles. The van der Waals surface area contributed by atoms with Crippen molar-refractivity contribution in [2.45, 2.75) is 40.2 Å². The van der Waals surface area contributed by atoms with Crippen molar-refractivity contribution in [1.82, 2.24) is 20.2 Å². The van der Waals surface area contributed by atoms with Crippen LogP contribution in [0, 0.1) is 12.8 Å². The fourth-order valence-electron chi connectivity index (χ4n) is 2.33. The predicted octanol–water partition coefficient (Wildman–Crippen LogP) is 2.57. The topological polar surface area (TPSA) is 88.3 Å². The lowest BCUT2D eigenvalue weighted by molar-refractivity contribution is -0.121. The highest BCUT2D eigenvalue weighted by molar-refractivity contribution is 5.92. The Kier molecular flexibility index (Phi) is 7.32. The highest BCUT2D eigenvalue weighted by Crippen LogP contribution is 2.10. The van der Waals surface area contributed by atoms with Gasteiger partial charge in [0.2, 0.25) is 5.91 Å². The van der Waals surface area contributed by atoms with Crippen LogP contribution in [0.3, 0.4) is 0 Å². The summed E-state index contributed by atoms with van der Waals surface area (Å²) in [5, 5.41) is 2.89. The van der Waals surface area contributed by atoms with Crippen molar-refractivity contribution in [2.24, 2.45) is 5.92 Å². The molecule has 0 radical (unpaired) electrons. The molecular weight excluding hydrogens is 332 g/mol. The van der Waals surface area contributed by atoms with E-state index < -0.39 is 0 Å². The molecule has 2 amide bonds. The molecule has 0 aliphatic rings. The highest BCUT2D eigenvalue weighted by atomic mass is 16.3. The van der Waals surface area contributed by atoms with Crippen LogP contribution in [0.25, 0.3) is 0 Å². The monoisotopic (exact) mass is 358 g/mol. The van der Waals surface area contributed by atoms with E-state index >= 15 is 0 Å². The van der Waals surface area contributed by atoms with E-state index in [1.165, 1.54) is 6.20 Å². The fourth-order valence-corrected chi connectivity index (χ4v) is 2.33. The zero-order chi connectivity index (χ0) is 18.9. The van der Waals surface area contributed by atoms with Gasteiger partial charge in [-0.15, -0.1) is 0 Å².